The molecule has 0 atom stereocenters. The van der Waals surface area contributed by atoms with E-state index in [0.717, 1.165) is 156 Å². The van der Waals surface area contributed by atoms with Gasteiger partial charge in [-0.15, -0.1) is 0 Å². The molecule has 0 amide bonds. The average molecular weight is 1820 g/mol. The summed E-state index contributed by atoms with van der Waals surface area (Å²) in [4.78, 5) is 21.5. The zero-order chi connectivity index (χ0) is 94.9. The van der Waals surface area contributed by atoms with Gasteiger partial charge in [0.1, 0.15) is 16.6 Å². The molecule has 9 nitrogen and oxygen atoms in total. The van der Waals surface area contributed by atoms with Gasteiger partial charge >= 0.3 is 0 Å². The minimum atomic E-state index is -0.0765. The Balaban J connectivity index is 0.000000113. The highest BCUT2D eigenvalue weighted by atomic mass is 16.4. The number of para-hydroxylation sites is 2. The predicted octanol–water partition coefficient (Wildman–Crippen LogP) is 36.8. The minimum Gasteiger partial charge on any atom is -0.435 e. The summed E-state index contributed by atoms with van der Waals surface area (Å²) >= 11 is 0. The summed E-state index contributed by atoms with van der Waals surface area (Å²) in [6.45, 7) is 9.34. The Morgan fingerprint density at radius 3 is 0.824 bits per heavy atom. The molecule has 27 rings (SSSR count). The summed E-state index contributed by atoms with van der Waals surface area (Å²) < 4.78 is 19.3. The zero-order valence-electron chi connectivity index (χ0n) is 78.8. The van der Waals surface area contributed by atoms with Crippen LogP contribution in [0.4, 0.5) is 51.2 Å². The zero-order valence-corrected chi connectivity index (χ0v) is 78.8. The van der Waals surface area contributed by atoms with E-state index in [1.54, 1.807) is 0 Å². The van der Waals surface area contributed by atoms with Crippen molar-refractivity contribution in [3.05, 3.63) is 520 Å². The number of oxazole rings is 3. The number of anilines is 9. The van der Waals surface area contributed by atoms with Crippen LogP contribution in [0.25, 0.3) is 178 Å². The minimum absolute atomic E-state index is 0.0684. The lowest BCUT2D eigenvalue weighted by atomic mass is 9.82. The molecule has 674 valence electrons. The Morgan fingerprint density at radius 2 is 0.415 bits per heavy atom. The van der Waals surface area contributed by atoms with Gasteiger partial charge in [-0.05, 0) is 292 Å². The molecule has 142 heavy (non-hydrogen) atoms. The molecule has 22 aromatic carbocycles. The second-order valence-electron chi connectivity index (χ2n) is 37.8. The third kappa shape index (κ3) is 15.7. The van der Waals surface area contributed by atoms with Gasteiger partial charge < -0.3 is 28.0 Å². The molecule has 3 aromatic heterocycles. The van der Waals surface area contributed by atoms with Gasteiger partial charge in [0, 0.05) is 94.9 Å². The highest BCUT2D eigenvalue weighted by Gasteiger charge is 2.38. The molecule has 0 bridgehead atoms. The molecule has 2 aliphatic carbocycles. The van der Waals surface area contributed by atoms with Crippen molar-refractivity contribution in [1.82, 2.24) is 15.0 Å². The smallest absolute Gasteiger partial charge is 0.227 e. The van der Waals surface area contributed by atoms with Crippen LogP contribution in [0.2, 0.25) is 0 Å². The van der Waals surface area contributed by atoms with Gasteiger partial charge in [-0.3, -0.25) is 0 Å². The van der Waals surface area contributed by atoms with Crippen molar-refractivity contribution in [2.45, 2.75) is 38.5 Å². The molecular weight excluding hydrogens is 1730 g/mol. The van der Waals surface area contributed by atoms with Crippen LogP contribution in [-0.2, 0) is 10.8 Å². The summed E-state index contributed by atoms with van der Waals surface area (Å²) in [5.41, 5.74) is 37.8. The number of fused-ring (bicyclic) bond motifs is 16. The van der Waals surface area contributed by atoms with Crippen molar-refractivity contribution in [3.8, 4) is 101 Å². The molecule has 2 aliphatic rings. The van der Waals surface area contributed by atoms with Gasteiger partial charge in [0.15, 0.2) is 16.7 Å². The first-order valence-corrected chi connectivity index (χ1v) is 48.5. The number of hydrogen-bond donors (Lipinski definition) is 0. The molecule has 0 N–H and O–H groups in total. The van der Waals surface area contributed by atoms with E-state index in [0.29, 0.717) is 17.7 Å². The number of benzene rings is 22. The number of hydrogen-bond acceptors (Lipinski definition) is 9. The summed E-state index contributed by atoms with van der Waals surface area (Å²) in [5.74, 6) is 1.90. The van der Waals surface area contributed by atoms with E-state index in [-0.39, 0.29) is 10.8 Å². The second-order valence-corrected chi connectivity index (χ2v) is 37.8. The summed E-state index contributed by atoms with van der Waals surface area (Å²) in [6.07, 6.45) is 0. The van der Waals surface area contributed by atoms with E-state index in [9.17, 15) is 0 Å². The van der Waals surface area contributed by atoms with Gasteiger partial charge in [-0.1, -0.05) is 349 Å². The first-order valence-electron chi connectivity index (χ1n) is 48.5. The molecule has 3 heterocycles. The highest BCUT2D eigenvalue weighted by Crippen LogP contribution is 2.54. The predicted molar refractivity (Wildman–Crippen MR) is 589 cm³/mol. The molecule has 0 radical (unpaired) electrons. The van der Waals surface area contributed by atoms with E-state index in [1.807, 2.05) is 84.9 Å². The van der Waals surface area contributed by atoms with Crippen LogP contribution in [0.5, 0.6) is 0 Å². The maximum Gasteiger partial charge on any atom is 0.227 e. The third-order valence-electron chi connectivity index (χ3n) is 28.5. The number of nitrogens with zero attached hydrogens (tertiary/aromatic N) is 6. The molecule has 9 heteroatoms. The first-order chi connectivity index (χ1) is 69.8. The topological polar surface area (TPSA) is 87.8 Å². The van der Waals surface area contributed by atoms with E-state index in [2.05, 4.69) is 455 Å². The van der Waals surface area contributed by atoms with E-state index >= 15 is 0 Å². The average Bonchev–Trinajstić information content (AvgIpc) is 1.58. The van der Waals surface area contributed by atoms with Crippen LogP contribution >= 0.6 is 0 Å². The van der Waals surface area contributed by atoms with Crippen molar-refractivity contribution in [2.75, 3.05) is 14.7 Å². The standard InChI is InChI=1S/C50H36N2O.C44H32N2O.C39H26N2O/c1-50(2)45-16-10-9-15-42(45)43-29-28-41(32-46(43)50)52(39-13-7-4-8-14-39)40-26-23-35(24-27-40)38-22-19-36-25-30-47-48(44(36)31-38)53-49(51-47)37-20-17-34(18-21-37)33-11-5-3-6-12-33;1-44(2)39-16-10-9-15-36(39)37-25-24-35(28-40(37)44)46(33-13-7-4-8-14-33)34-22-19-29(20-23-34)32-18-17-30-21-26-41-42(38(30)27-32)47-43(45-41)31-11-5-3-6-12-31;1-3-9-27(10-4-1)29-15-20-33(21-16-29)41(34-22-17-28-11-7-8-14-32(28)25-34)35-23-18-30-19-24-37-38(36(30)26-35)42-39(40-37)31-12-5-2-6-13-31/h3-32H,1-2H3;3-28H,1-2H3;1-26H. The maximum atomic E-state index is 6.50. The molecule has 0 saturated carbocycles. The highest BCUT2D eigenvalue weighted by molar-refractivity contribution is 6.09. The summed E-state index contributed by atoms with van der Waals surface area (Å²) in [5, 5.41) is 8.93. The number of rotatable bonds is 16. The quantitative estimate of drug-likeness (QED) is 0.0938. The number of aromatic nitrogens is 3. The van der Waals surface area contributed by atoms with Crippen LogP contribution < -0.4 is 14.7 Å². The molecule has 0 saturated heterocycles. The Labute approximate surface area is 824 Å². The van der Waals surface area contributed by atoms with Gasteiger partial charge in [0.05, 0.1) is 0 Å². The Kier molecular flexibility index (Phi) is 21.4. The van der Waals surface area contributed by atoms with Gasteiger partial charge in [0.25, 0.3) is 0 Å². The lowest BCUT2D eigenvalue weighted by Gasteiger charge is -2.28. The van der Waals surface area contributed by atoms with Crippen molar-refractivity contribution < 1.29 is 13.3 Å². The van der Waals surface area contributed by atoms with E-state index < -0.39 is 0 Å². The van der Waals surface area contributed by atoms with Crippen LogP contribution in [0.15, 0.2) is 511 Å². The van der Waals surface area contributed by atoms with Gasteiger partial charge in [0.2, 0.25) is 17.7 Å². The molecule has 0 unspecified atom stereocenters. The molecule has 0 spiro atoms. The van der Waals surface area contributed by atoms with Crippen LogP contribution in [0, 0.1) is 0 Å². The van der Waals surface area contributed by atoms with Gasteiger partial charge in [-0.25, -0.2) is 15.0 Å². The van der Waals surface area contributed by atoms with E-state index in [1.165, 1.54) is 77.5 Å². The van der Waals surface area contributed by atoms with Crippen molar-refractivity contribution in [2.24, 2.45) is 0 Å². The fourth-order valence-electron chi connectivity index (χ4n) is 21.1. The Hall–Kier alpha value is -18.3. The first kappa shape index (κ1) is 85.4. The van der Waals surface area contributed by atoms with Crippen molar-refractivity contribution in [1.29, 1.82) is 0 Å². The Bertz CT molecular complexity index is 9060. The van der Waals surface area contributed by atoms with Gasteiger partial charge in [-0.2, -0.15) is 0 Å². The van der Waals surface area contributed by atoms with Crippen LogP contribution in [0.3, 0.4) is 0 Å². The fraction of sp³-hybridized carbons (Fsp3) is 0.0451. The summed E-state index contributed by atoms with van der Waals surface area (Å²) in [6, 6.07) is 176. The lowest BCUT2D eigenvalue weighted by molar-refractivity contribution is 0.622. The Morgan fingerprint density at radius 1 is 0.169 bits per heavy atom. The lowest BCUT2D eigenvalue weighted by Crippen LogP contribution is -2.16. The van der Waals surface area contributed by atoms with Crippen LogP contribution in [-0.4, -0.2) is 15.0 Å². The second kappa shape index (κ2) is 35.7. The molecule has 25 aromatic rings. The molecule has 0 aliphatic heterocycles. The van der Waals surface area contributed by atoms with Crippen LogP contribution in [0.1, 0.15) is 49.9 Å². The fourth-order valence-corrected chi connectivity index (χ4v) is 21.1. The van der Waals surface area contributed by atoms with E-state index in [4.69, 9.17) is 28.2 Å². The largest absolute Gasteiger partial charge is 0.435 e. The molecule has 0 fully saturated rings. The monoisotopic (exact) mass is 1820 g/mol. The maximum absolute atomic E-state index is 6.50. The third-order valence-corrected chi connectivity index (χ3v) is 28.5. The van der Waals surface area contributed by atoms with Crippen molar-refractivity contribution >= 4 is 128 Å². The SMILES string of the molecule is CC1(C)c2ccccc2-c2ccc(N(c3ccccc3)c3ccc(-c4ccc5ccc6nc(-c7ccc(-c8ccccc8)cc7)oc6c5c4)cc3)cc21.CC1(C)c2ccccc2-c2ccc(N(c3ccccc3)c3ccc(-c4ccc5ccc6nc(-c7ccccc7)oc6c5c4)cc3)cc21.c1ccc(-c2ccc(N(c3ccc4ccccc4c3)c3ccc4ccc5nc(-c6ccccc6)oc5c4c3)cc2)cc1. The van der Waals surface area contributed by atoms with Crippen molar-refractivity contribution in [3.63, 3.8) is 0 Å². The normalized spacial score (nSPS) is 12.5. The summed E-state index contributed by atoms with van der Waals surface area (Å²) in [7, 11) is 0. The molecular formula is C133H94N6O3.